The molecule has 0 spiro atoms. The number of carbonyl (C=O) groups is 1. The van der Waals surface area contributed by atoms with E-state index >= 15 is 0 Å². The predicted molar refractivity (Wildman–Crippen MR) is 95.7 cm³/mol. The predicted octanol–water partition coefficient (Wildman–Crippen LogP) is 4.44. The van der Waals surface area contributed by atoms with Crippen LogP contribution in [0.5, 0.6) is 0 Å². The lowest BCUT2D eigenvalue weighted by Gasteiger charge is -2.13. The van der Waals surface area contributed by atoms with Gasteiger partial charge in [0.25, 0.3) is 0 Å². The molecule has 2 aromatic carbocycles. The molecule has 25 heavy (non-hydrogen) atoms. The summed E-state index contributed by atoms with van der Waals surface area (Å²) >= 11 is 0. The first-order chi connectivity index (χ1) is 12.3. The molecule has 4 heteroatoms. The molecule has 1 saturated heterocycles. The zero-order valence-corrected chi connectivity index (χ0v) is 13.7. The number of pyridine rings is 1. The highest BCUT2D eigenvalue weighted by molar-refractivity contribution is 5.70. The molecular formula is C21H18N2O2. The Kier molecular flexibility index (Phi) is 4.17. The van der Waals surface area contributed by atoms with Gasteiger partial charge in [-0.2, -0.15) is 0 Å². The Hall–Kier alpha value is -3.14. The van der Waals surface area contributed by atoms with E-state index in [0.29, 0.717) is 13.1 Å². The van der Waals surface area contributed by atoms with E-state index in [1.54, 1.807) is 11.1 Å². The number of hydrogen-bond acceptors (Lipinski definition) is 3. The number of benzene rings is 2. The van der Waals surface area contributed by atoms with Crippen LogP contribution in [0.25, 0.3) is 11.1 Å². The SMILES string of the molecule is O=C1OC(c2ccccc2)CN1Cc1ccc(-c2cccnc2)cc1. The van der Waals surface area contributed by atoms with E-state index in [9.17, 15) is 4.79 Å². The molecule has 0 N–H and O–H groups in total. The Labute approximate surface area is 146 Å². The summed E-state index contributed by atoms with van der Waals surface area (Å²) in [6.07, 6.45) is 3.16. The summed E-state index contributed by atoms with van der Waals surface area (Å²) < 4.78 is 5.50. The third-order valence-corrected chi connectivity index (χ3v) is 4.38. The van der Waals surface area contributed by atoms with Gasteiger partial charge in [0.15, 0.2) is 0 Å². The van der Waals surface area contributed by atoms with Gasteiger partial charge in [0, 0.05) is 18.9 Å². The Morgan fingerprint density at radius 1 is 0.960 bits per heavy atom. The van der Waals surface area contributed by atoms with Crippen molar-refractivity contribution < 1.29 is 9.53 Å². The fourth-order valence-corrected chi connectivity index (χ4v) is 3.03. The van der Waals surface area contributed by atoms with E-state index in [2.05, 4.69) is 17.1 Å². The molecule has 0 saturated carbocycles. The van der Waals surface area contributed by atoms with Crippen molar-refractivity contribution in [2.45, 2.75) is 12.6 Å². The Bertz CT molecular complexity index is 848. The molecule has 3 aromatic rings. The number of amides is 1. The van der Waals surface area contributed by atoms with Crippen LogP contribution in [0.3, 0.4) is 0 Å². The summed E-state index contributed by atoms with van der Waals surface area (Å²) in [5.41, 5.74) is 4.31. The zero-order valence-electron chi connectivity index (χ0n) is 13.7. The molecular weight excluding hydrogens is 312 g/mol. The summed E-state index contributed by atoms with van der Waals surface area (Å²) in [5, 5.41) is 0. The average molecular weight is 330 g/mol. The standard InChI is InChI=1S/C21H18N2O2/c24-21-23(15-20(25-21)18-5-2-1-3-6-18)14-16-8-10-17(11-9-16)19-7-4-12-22-13-19/h1-13,20H,14-15H2. The highest BCUT2D eigenvalue weighted by atomic mass is 16.6. The number of aromatic nitrogens is 1. The Morgan fingerprint density at radius 2 is 1.76 bits per heavy atom. The van der Waals surface area contributed by atoms with E-state index in [1.165, 1.54) is 0 Å². The maximum Gasteiger partial charge on any atom is 0.410 e. The molecule has 4 nitrogen and oxygen atoms in total. The van der Waals surface area contributed by atoms with Gasteiger partial charge < -0.3 is 4.74 Å². The minimum absolute atomic E-state index is 0.191. The van der Waals surface area contributed by atoms with Crippen LogP contribution in [0, 0.1) is 0 Å². The van der Waals surface area contributed by atoms with E-state index in [1.807, 2.05) is 60.8 Å². The van der Waals surface area contributed by atoms with Crippen LogP contribution in [0.2, 0.25) is 0 Å². The minimum atomic E-state index is -0.259. The van der Waals surface area contributed by atoms with Crippen molar-refractivity contribution in [3.63, 3.8) is 0 Å². The zero-order chi connectivity index (χ0) is 17.1. The Morgan fingerprint density at radius 3 is 2.48 bits per heavy atom. The van der Waals surface area contributed by atoms with Gasteiger partial charge >= 0.3 is 6.09 Å². The van der Waals surface area contributed by atoms with Crippen LogP contribution in [-0.4, -0.2) is 22.5 Å². The van der Waals surface area contributed by atoms with Gasteiger partial charge in [-0.1, -0.05) is 60.7 Å². The Balaban J connectivity index is 1.45. The highest BCUT2D eigenvalue weighted by Crippen LogP contribution is 2.27. The van der Waals surface area contributed by atoms with Crippen LogP contribution in [0.4, 0.5) is 4.79 Å². The molecule has 4 rings (SSSR count). The first kappa shape index (κ1) is 15.4. The van der Waals surface area contributed by atoms with Crippen LogP contribution in [0.1, 0.15) is 17.2 Å². The normalized spacial score (nSPS) is 16.7. The van der Waals surface area contributed by atoms with Crippen molar-refractivity contribution in [3.8, 4) is 11.1 Å². The van der Waals surface area contributed by atoms with E-state index in [4.69, 9.17) is 4.74 Å². The smallest absolute Gasteiger partial charge is 0.410 e. The van der Waals surface area contributed by atoms with Gasteiger partial charge in [-0.25, -0.2) is 4.79 Å². The third-order valence-electron chi connectivity index (χ3n) is 4.38. The van der Waals surface area contributed by atoms with Gasteiger partial charge in [0.05, 0.1) is 6.54 Å². The summed E-state index contributed by atoms with van der Waals surface area (Å²) in [6.45, 7) is 1.13. The maximum atomic E-state index is 12.1. The number of nitrogens with zero attached hydrogens (tertiary/aromatic N) is 2. The topological polar surface area (TPSA) is 42.4 Å². The summed E-state index contributed by atoms with van der Waals surface area (Å²) in [7, 11) is 0. The summed E-state index contributed by atoms with van der Waals surface area (Å²) in [5.74, 6) is 0. The molecule has 0 radical (unpaired) electrons. The van der Waals surface area contributed by atoms with Crippen LogP contribution in [-0.2, 0) is 11.3 Å². The molecule has 1 aliphatic heterocycles. The fourth-order valence-electron chi connectivity index (χ4n) is 3.03. The first-order valence-electron chi connectivity index (χ1n) is 8.29. The lowest BCUT2D eigenvalue weighted by Crippen LogP contribution is -2.23. The quantitative estimate of drug-likeness (QED) is 0.710. The average Bonchev–Trinajstić information content (AvgIpc) is 3.04. The molecule has 1 unspecified atom stereocenters. The number of hydrogen-bond donors (Lipinski definition) is 0. The molecule has 1 aliphatic rings. The van der Waals surface area contributed by atoms with Crippen molar-refractivity contribution in [1.29, 1.82) is 0 Å². The van der Waals surface area contributed by atoms with Crippen molar-refractivity contribution in [2.75, 3.05) is 6.54 Å². The van der Waals surface area contributed by atoms with Gasteiger partial charge in [0.1, 0.15) is 6.10 Å². The molecule has 1 fully saturated rings. The molecule has 1 atom stereocenters. The molecule has 0 bridgehead atoms. The third kappa shape index (κ3) is 3.38. The van der Waals surface area contributed by atoms with Crippen molar-refractivity contribution in [2.24, 2.45) is 0 Å². The van der Waals surface area contributed by atoms with E-state index < -0.39 is 0 Å². The van der Waals surface area contributed by atoms with E-state index in [-0.39, 0.29) is 12.2 Å². The second-order valence-corrected chi connectivity index (χ2v) is 6.10. The highest BCUT2D eigenvalue weighted by Gasteiger charge is 2.32. The van der Waals surface area contributed by atoms with Crippen LogP contribution >= 0.6 is 0 Å². The van der Waals surface area contributed by atoms with Gasteiger partial charge in [-0.3, -0.25) is 9.88 Å². The van der Waals surface area contributed by atoms with Gasteiger partial charge in [-0.05, 0) is 28.3 Å². The van der Waals surface area contributed by atoms with E-state index in [0.717, 1.165) is 22.3 Å². The van der Waals surface area contributed by atoms with Crippen LogP contribution < -0.4 is 0 Å². The van der Waals surface area contributed by atoms with Crippen molar-refractivity contribution in [1.82, 2.24) is 9.88 Å². The lowest BCUT2D eigenvalue weighted by molar-refractivity contribution is 0.132. The second kappa shape index (κ2) is 6.77. The maximum absolute atomic E-state index is 12.1. The van der Waals surface area contributed by atoms with Crippen LogP contribution in [0.15, 0.2) is 79.1 Å². The number of ether oxygens (including phenoxy) is 1. The monoisotopic (exact) mass is 330 g/mol. The number of rotatable bonds is 4. The van der Waals surface area contributed by atoms with Crippen molar-refractivity contribution in [3.05, 3.63) is 90.3 Å². The molecule has 0 aliphatic carbocycles. The first-order valence-corrected chi connectivity index (χ1v) is 8.29. The molecule has 2 heterocycles. The molecule has 124 valence electrons. The summed E-state index contributed by atoms with van der Waals surface area (Å²) in [6, 6.07) is 22.0. The second-order valence-electron chi connectivity index (χ2n) is 6.10. The fraction of sp³-hybridized carbons (Fsp3) is 0.143. The summed E-state index contributed by atoms with van der Waals surface area (Å²) in [4.78, 5) is 18.0. The number of cyclic esters (lactones) is 1. The van der Waals surface area contributed by atoms with Gasteiger partial charge in [-0.15, -0.1) is 0 Å². The lowest BCUT2D eigenvalue weighted by atomic mass is 10.1. The van der Waals surface area contributed by atoms with Gasteiger partial charge in [0.2, 0.25) is 0 Å². The molecule has 1 aromatic heterocycles. The number of carbonyl (C=O) groups excluding carboxylic acids is 1. The largest absolute Gasteiger partial charge is 0.439 e. The van der Waals surface area contributed by atoms with Crippen molar-refractivity contribution >= 4 is 6.09 Å². The molecule has 1 amide bonds. The minimum Gasteiger partial charge on any atom is -0.439 e.